The number of hydrogen-bond donors (Lipinski definition) is 2. The minimum Gasteiger partial charge on any atom is -0.360 e. The van der Waals surface area contributed by atoms with Gasteiger partial charge in [0.15, 0.2) is 6.54 Å². The van der Waals surface area contributed by atoms with Crippen molar-refractivity contribution in [3.8, 4) is 0 Å². The molecule has 1 aliphatic rings. The quantitative estimate of drug-likeness (QED) is 0.829. The summed E-state index contributed by atoms with van der Waals surface area (Å²) in [5.74, 6) is -0.0598. The van der Waals surface area contributed by atoms with E-state index in [1.807, 2.05) is 18.2 Å². The summed E-state index contributed by atoms with van der Waals surface area (Å²) in [7, 11) is 0. The second-order valence-electron chi connectivity index (χ2n) is 6.07. The van der Waals surface area contributed by atoms with Gasteiger partial charge in [0.1, 0.15) is 0 Å². The first-order valence-corrected chi connectivity index (χ1v) is 9.23. The number of carbonyl (C=O) groups excluding carboxylic acids is 1. The first-order chi connectivity index (χ1) is 12.0. The summed E-state index contributed by atoms with van der Waals surface area (Å²) < 4.78 is 0. The van der Waals surface area contributed by atoms with Gasteiger partial charge in [0, 0.05) is 15.7 Å². The molecule has 4 nitrogen and oxygen atoms in total. The Hall–Kier alpha value is -1.46. The highest BCUT2D eigenvalue weighted by Crippen LogP contribution is 2.25. The highest BCUT2D eigenvalue weighted by molar-refractivity contribution is 6.35. The third-order valence-corrected chi connectivity index (χ3v) is 5.06. The molecular formula is C18H19Cl3N3O+. The Morgan fingerprint density at radius 1 is 1.04 bits per heavy atom. The summed E-state index contributed by atoms with van der Waals surface area (Å²) in [5, 5.41) is 4.61. The smallest absolute Gasteiger partial charge is 0.279 e. The first kappa shape index (κ1) is 18.3. The molecule has 2 aromatic rings. The molecule has 0 bridgehead atoms. The van der Waals surface area contributed by atoms with Crippen LogP contribution < -0.4 is 15.1 Å². The van der Waals surface area contributed by atoms with Crippen molar-refractivity contribution in [2.45, 2.75) is 0 Å². The number of nitrogens with zero attached hydrogens (tertiary/aromatic N) is 1. The maximum atomic E-state index is 12.3. The highest BCUT2D eigenvalue weighted by Gasteiger charge is 2.22. The third kappa shape index (κ3) is 5.02. The summed E-state index contributed by atoms with van der Waals surface area (Å²) in [5.41, 5.74) is 1.68. The van der Waals surface area contributed by atoms with E-state index in [-0.39, 0.29) is 5.91 Å². The minimum absolute atomic E-state index is 0.0598. The molecule has 2 N–H and O–H groups in total. The normalized spacial score (nSPS) is 15.2. The van der Waals surface area contributed by atoms with Crippen LogP contribution in [0.25, 0.3) is 0 Å². The second-order valence-corrected chi connectivity index (χ2v) is 7.35. The maximum absolute atomic E-state index is 12.3. The zero-order valence-corrected chi connectivity index (χ0v) is 15.8. The van der Waals surface area contributed by atoms with Crippen molar-refractivity contribution in [2.75, 3.05) is 42.9 Å². The molecule has 0 aromatic heterocycles. The van der Waals surface area contributed by atoms with Gasteiger partial charge in [-0.1, -0.05) is 40.9 Å². The number of halogens is 3. The zero-order chi connectivity index (χ0) is 17.8. The van der Waals surface area contributed by atoms with E-state index < -0.39 is 0 Å². The molecule has 0 atom stereocenters. The van der Waals surface area contributed by atoms with Crippen molar-refractivity contribution in [3.63, 3.8) is 0 Å². The van der Waals surface area contributed by atoms with Gasteiger partial charge < -0.3 is 15.1 Å². The Labute approximate surface area is 162 Å². The highest BCUT2D eigenvalue weighted by atomic mass is 35.5. The molecule has 0 spiro atoms. The van der Waals surface area contributed by atoms with E-state index in [4.69, 9.17) is 34.8 Å². The van der Waals surface area contributed by atoms with Crippen molar-refractivity contribution in [1.82, 2.24) is 0 Å². The van der Waals surface area contributed by atoms with Crippen LogP contribution in [-0.2, 0) is 4.79 Å². The molecule has 132 valence electrons. The Morgan fingerprint density at radius 3 is 2.48 bits per heavy atom. The van der Waals surface area contributed by atoms with E-state index in [1.54, 1.807) is 18.2 Å². The topological polar surface area (TPSA) is 36.8 Å². The van der Waals surface area contributed by atoms with Gasteiger partial charge in [-0.2, -0.15) is 0 Å². The standard InChI is InChI=1S/C18H18Cl3N3O/c19-13-2-1-3-15(10-13)24-8-6-23(7-9-24)12-18(25)22-17-11-14(20)4-5-16(17)21/h1-5,10-11H,6-9,12H2,(H,22,25)/p+1. The molecule has 7 heteroatoms. The predicted octanol–water partition coefficient (Wildman–Crippen LogP) is 2.99. The lowest BCUT2D eigenvalue weighted by molar-refractivity contribution is -0.892. The lowest BCUT2D eigenvalue weighted by Crippen LogP contribution is -3.15. The molecular weight excluding hydrogens is 381 g/mol. The summed E-state index contributed by atoms with van der Waals surface area (Å²) in [4.78, 5) is 15.8. The van der Waals surface area contributed by atoms with Crippen LogP contribution in [0.2, 0.25) is 15.1 Å². The Kier molecular flexibility index (Phi) is 6.07. The molecule has 25 heavy (non-hydrogen) atoms. The molecule has 1 fully saturated rings. The molecule has 1 heterocycles. The van der Waals surface area contributed by atoms with Gasteiger partial charge in [0.25, 0.3) is 5.91 Å². The SMILES string of the molecule is O=C(C[NH+]1CCN(c2cccc(Cl)c2)CC1)Nc1cc(Cl)ccc1Cl. The summed E-state index contributed by atoms with van der Waals surface area (Å²) in [6, 6.07) is 12.9. The fraction of sp³-hybridized carbons (Fsp3) is 0.278. The summed E-state index contributed by atoms with van der Waals surface area (Å²) >= 11 is 18.1. The number of quaternary nitrogens is 1. The molecule has 1 saturated heterocycles. The van der Waals surface area contributed by atoms with Crippen molar-refractivity contribution in [1.29, 1.82) is 0 Å². The molecule has 0 saturated carbocycles. The molecule has 0 aliphatic carbocycles. The Balaban J connectivity index is 1.52. The predicted molar refractivity (Wildman–Crippen MR) is 104 cm³/mol. The average Bonchev–Trinajstić information content (AvgIpc) is 2.59. The van der Waals surface area contributed by atoms with Crippen LogP contribution in [0.3, 0.4) is 0 Å². The van der Waals surface area contributed by atoms with E-state index in [1.165, 1.54) is 4.90 Å². The molecule has 0 unspecified atom stereocenters. The van der Waals surface area contributed by atoms with Crippen LogP contribution in [0.4, 0.5) is 11.4 Å². The van der Waals surface area contributed by atoms with Crippen LogP contribution in [0.15, 0.2) is 42.5 Å². The van der Waals surface area contributed by atoms with E-state index in [9.17, 15) is 4.79 Å². The largest absolute Gasteiger partial charge is 0.360 e. The molecule has 0 radical (unpaired) electrons. The van der Waals surface area contributed by atoms with Gasteiger partial charge in [-0.3, -0.25) is 4.79 Å². The van der Waals surface area contributed by atoms with Gasteiger partial charge in [-0.15, -0.1) is 0 Å². The molecule has 1 amide bonds. The average molecular weight is 400 g/mol. The van der Waals surface area contributed by atoms with Gasteiger partial charge in [-0.05, 0) is 36.4 Å². The van der Waals surface area contributed by atoms with Crippen LogP contribution in [0.5, 0.6) is 0 Å². The number of anilines is 2. The lowest BCUT2D eigenvalue weighted by atomic mass is 10.2. The van der Waals surface area contributed by atoms with Gasteiger partial charge in [0.05, 0.1) is 36.9 Å². The Bertz CT molecular complexity index is 761. The molecule has 1 aliphatic heterocycles. The van der Waals surface area contributed by atoms with Crippen molar-refractivity contribution >= 4 is 52.1 Å². The van der Waals surface area contributed by atoms with Gasteiger partial charge in [-0.25, -0.2) is 0 Å². The zero-order valence-electron chi connectivity index (χ0n) is 13.6. The first-order valence-electron chi connectivity index (χ1n) is 8.10. The van der Waals surface area contributed by atoms with Crippen LogP contribution in [0.1, 0.15) is 0 Å². The van der Waals surface area contributed by atoms with E-state index in [2.05, 4.69) is 16.3 Å². The number of piperazine rings is 1. The maximum Gasteiger partial charge on any atom is 0.279 e. The summed E-state index contributed by atoms with van der Waals surface area (Å²) in [6.45, 7) is 3.97. The summed E-state index contributed by atoms with van der Waals surface area (Å²) in [6.07, 6.45) is 0. The molecule has 2 aromatic carbocycles. The van der Waals surface area contributed by atoms with Gasteiger partial charge >= 0.3 is 0 Å². The third-order valence-electron chi connectivity index (χ3n) is 4.26. The number of nitrogens with one attached hydrogen (secondary N) is 2. The van der Waals surface area contributed by atoms with Crippen LogP contribution >= 0.6 is 34.8 Å². The van der Waals surface area contributed by atoms with Crippen LogP contribution in [0, 0.1) is 0 Å². The number of amides is 1. The number of carbonyl (C=O) groups is 1. The monoisotopic (exact) mass is 398 g/mol. The second kappa shape index (κ2) is 8.28. The van der Waals surface area contributed by atoms with Crippen molar-refractivity contribution in [3.05, 3.63) is 57.5 Å². The van der Waals surface area contributed by atoms with Crippen molar-refractivity contribution < 1.29 is 9.69 Å². The molecule has 3 rings (SSSR count). The number of hydrogen-bond acceptors (Lipinski definition) is 2. The Morgan fingerprint density at radius 2 is 1.76 bits per heavy atom. The number of rotatable bonds is 4. The van der Waals surface area contributed by atoms with E-state index in [0.29, 0.717) is 22.3 Å². The number of benzene rings is 2. The van der Waals surface area contributed by atoms with Crippen molar-refractivity contribution in [2.24, 2.45) is 0 Å². The van der Waals surface area contributed by atoms with E-state index in [0.717, 1.165) is 36.9 Å². The lowest BCUT2D eigenvalue weighted by Gasteiger charge is -2.33. The minimum atomic E-state index is -0.0598. The van der Waals surface area contributed by atoms with E-state index >= 15 is 0 Å². The van der Waals surface area contributed by atoms with Gasteiger partial charge in [0.2, 0.25) is 0 Å². The fourth-order valence-corrected chi connectivity index (χ4v) is 3.47. The fourth-order valence-electron chi connectivity index (χ4n) is 2.95. The van der Waals surface area contributed by atoms with Crippen LogP contribution in [-0.4, -0.2) is 38.6 Å².